The van der Waals surface area contributed by atoms with Gasteiger partial charge in [0, 0.05) is 22.7 Å². The summed E-state index contributed by atoms with van der Waals surface area (Å²) in [6.45, 7) is 0. The summed E-state index contributed by atoms with van der Waals surface area (Å²) in [6.07, 6.45) is 0.866. The number of hydrogen-bond acceptors (Lipinski definition) is 3. The highest BCUT2D eigenvalue weighted by Crippen LogP contribution is 2.24. The molecule has 2 aromatic carbocycles. The maximum absolute atomic E-state index is 12.8. The van der Waals surface area contributed by atoms with E-state index in [1.807, 2.05) is 0 Å². The Kier molecular flexibility index (Phi) is 4.88. The number of nitrogens with zero attached hydrogens (tertiary/aromatic N) is 1. The molecule has 0 radical (unpaired) electrons. The number of rotatable bonds is 5. The molecule has 2 N–H and O–H groups in total. The molecule has 1 atom stereocenters. The Labute approximate surface area is 126 Å². The first-order valence-electron chi connectivity index (χ1n) is 6.38. The average Bonchev–Trinajstić information content (AvgIpc) is 2.43. The highest BCUT2D eigenvalue weighted by Gasteiger charge is 2.17. The van der Waals surface area contributed by atoms with Gasteiger partial charge in [0.05, 0.1) is 4.92 Å². The maximum atomic E-state index is 12.8. The van der Waals surface area contributed by atoms with Gasteiger partial charge in [0.1, 0.15) is 5.82 Å². The summed E-state index contributed by atoms with van der Waals surface area (Å²) in [5.74, 6) is -0.305. The van der Waals surface area contributed by atoms with Crippen molar-refractivity contribution >= 4 is 17.3 Å². The summed E-state index contributed by atoms with van der Waals surface area (Å²) in [4.78, 5) is 10.5. The molecule has 0 aromatic heterocycles. The van der Waals surface area contributed by atoms with Crippen molar-refractivity contribution in [1.82, 2.24) is 0 Å². The molecule has 0 saturated carbocycles. The number of nitro groups is 1. The summed E-state index contributed by atoms with van der Waals surface area (Å²) in [5.41, 5.74) is 7.43. The molecular formula is C15H14ClFN2O2. The van der Waals surface area contributed by atoms with E-state index in [-0.39, 0.29) is 17.5 Å². The average molecular weight is 309 g/mol. The third-order valence-corrected chi connectivity index (χ3v) is 3.37. The van der Waals surface area contributed by atoms with Gasteiger partial charge in [0.2, 0.25) is 0 Å². The number of nitro benzene ring substituents is 1. The molecule has 110 valence electrons. The molecule has 0 aliphatic heterocycles. The first-order valence-corrected chi connectivity index (χ1v) is 6.76. The van der Waals surface area contributed by atoms with Crippen LogP contribution in [0, 0.1) is 15.9 Å². The smallest absolute Gasteiger partial charge is 0.274 e. The lowest BCUT2D eigenvalue weighted by atomic mass is 9.99. The van der Waals surface area contributed by atoms with Gasteiger partial charge in [-0.15, -0.1) is 0 Å². The summed E-state index contributed by atoms with van der Waals surface area (Å²) in [7, 11) is 0. The van der Waals surface area contributed by atoms with Crippen LogP contribution in [-0.2, 0) is 12.8 Å². The van der Waals surface area contributed by atoms with Crippen LogP contribution in [0.15, 0.2) is 42.5 Å². The molecule has 2 aromatic rings. The second-order valence-corrected chi connectivity index (χ2v) is 5.26. The van der Waals surface area contributed by atoms with Crippen LogP contribution < -0.4 is 5.73 Å². The molecule has 6 heteroatoms. The molecule has 21 heavy (non-hydrogen) atoms. The zero-order valence-electron chi connectivity index (χ0n) is 11.1. The van der Waals surface area contributed by atoms with Gasteiger partial charge in [-0.3, -0.25) is 10.1 Å². The Morgan fingerprint density at radius 1 is 1.19 bits per heavy atom. The van der Waals surface area contributed by atoms with Crippen LogP contribution in [0.1, 0.15) is 11.1 Å². The van der Waals surface area contributed by atoms with E-state index in [0.717, 1.165) is 5.56 Å². The maximum Gasteiger partial charge on any atom is 0.274 e. The lowest BCUT2D eigenvalue weighted by Gasteiger charge is -2.12. The van der Waals surface area contributed by atoms with Gasteiger partial charge in [-0.2, -0.15) is 0 Å². The van der Waals surface area contributed by atoms with Gasteiger partial charge in [0.15, 0.2) is 0 Å². The van der Waals surface area contributed by atoms with Crippen molar-refractivity contribution in [2.24, 2.45) is 5.73 Å². The summed E-state index contributed by atoms with van der Waals surface area (Å²) in [6, 6.07) is 10.3. The van der Waals surface area contributed by atoms with E-state index < -0.39 is 4.92 Å². The number of nitrogens with two attached hydrogens (primary N) is 1. The molecule has 0 bridgehead atoms. The number of benzene rings is 2. The zero-order chi connectivity index (χ0) is 15.4. The van der Waals surface area contributed by atoms with Crippen molar-refractivity contribution in [3.05, 3.63) is 74.5 Å². The van der Waals surface area contributed by atoms with Crippen molar-refractivity contribution in [2.45, 2.75) is 18.9 Å². The molecule has 0 amide bonds. The second kappa shape index (κ2) is 6.65. The molecule has 0 heterocycles. The van der Waals surface area contributed by atoms with E-state index in [0.29, 0.717) is 23.4 Å². The fourth-order valence-corrected chi connectivity index (χ4v) is 2.32. The van der Waals surface area contributed by atoms with Gasteiger partial charge in [0.25, 0.3) is 5.69 Å². The third-order valence-electron chi connectivity index (χ3n) is 3.14. The first-order chi connectivity index (χ1) is 9.95. The lowest BCUT2D eigenvalue weighted by Crippen LogP contribution is -2.25. The molecule has 0 aliphatic carbocycles. The summed E-state index contributed by atoms with van der Waals surface area (Å²) in [5, 5.41) is 11.3. The first kappa shape index (κ1) is 15.4. The summed E-state index contributed by atoms with van der Waals surface area (Å²) >= 11 is 5.77. The van der Waals surface area contributed by atoms with Crippen LogP contribution in [0.3, 0.4) is 0 Å². The number of halogens is 2. The van der Waals surface area contributed by atoms with Crippen molar-refractivity contribution in [3.63, 3.8) is 0 Å². The van der Waals surface area contributed by atoms with Crippen molar-refractivity contribution in [3.8, 4) is 0 Å². The van der Waals surface area contributed by atoms with Crippen LogP contribution in [0.2, 0.25) is 5.02 Å². The normalized spacial score (nSPS) is 12.1. The number of hydrogen-bond donors (Lipinski definition) is 1. The van der Waals surface area contributed by atoms with E-state index in [4.69, 9.17) is 17.3 Å². The Morgan fingerprint density at radius 3 is 2.48 bits per heavy atom. The molecule has 0 spiro atoms. The van der Waals surface area contributed by atoms with Crippen molar-refractivity contribution in [1.29, 1.82) is 0 Å². The quantitative estimate of drug-likeness (QED) is 0.679. The predicted molar refractivity (Wildman–Crippen MR) is 79.9 cm³/mol. The highest BCUT2D eigenvalue weighted by molar-refractivity contribution is 6.30. The van der Waals surface area contributed by atoms with Crippen molar-refractivity contribution in [2.75, 3.05) is 0 Å². The Morgan fingerprint density at radius 2 is 1.86 bits per heavy atom. The Hall–Kier alpha value is -1.98. The van der Waals surface area contributed by atoms with E-state index in [2.05, 4.69) is 0 Å². The van der Waals surface area contributed by atoms with Gasteiger partial charge >= 0.3 is 0 Å². The second-order valence-electron chi connectivity index (χ2n) is 4.82. The van der Waals surface area contributed by atoms with Crippen LogP contribution in [0.5, 0.6) is 0 Å². The third kappa shape index (κ3) is 4.24. The minimum Gasteiger partial charge on any atom is -0.327 e. The minimum absolute atomic E-state index is 0.0305. The fraction of sp³-hybridized carbons (Fsp3) is 0.200. The molecular weight excluding hydrogens is 295 g/mol. The zero-order valence-corrected chi connectivity index (χ0v) is 11.9. The SMILES string of the molecule is NC(Cc1ccc(F)cc1)Cc1ccc(Cl)cc1[N+](=O)[O-]. The van der Waals surface area contributed by atoms with Gasteiger partial charge in [-0.1, -0.05) is 29.8 Å². The molecule has 1 unspecified atom stereocenters. The Balaban J connectivity index is 2.10. The standard InChI is InChI=1S/C15H14ClFN2O2/c16-12-4-3-11(15(9-12)19(20)21)8-14(18)7-10-1-5-13(17)6-2-10/h1-6,9,14H,7-8,18H2. The van der Waals surface area contributed by atoms with Crippen LogP contribution in [-0.4, -0.2) is 11.0 Å². The molecule has 0 saturated heterocycles. The molecule has 2 rings (SSSR count). The fourth-order valence-electron chi connectivity index (χ4n) is 2.16. The van der Waals surface area contributed by atoms with E-state index in [9.17, 15) is 14.5 Å². The topological polar surface area (TPSA) is 69.2 Å². The lowest BCUT2D eigenvalue weighted by molar-refractivity contribution is -0.385. The summed E-state index contributed by atoms with van der Waals surface area (Å²) < 4.78 is 12.8. The van der Waals surface area contributed by atoms with Crippen molar-refractivity contribution < 1.29 is 9.31 Å². The highest BCUT2D eigenvalue weighted by atomic mass is 35.5. The van der Waals surface area contributed by atoms with E-state index >= 15 is 0 Å². The Bertz CT molecular complexity index is 647. The minimum atomic E-state index is -0.466. The molecule has 0 aliphatic rings. The monoisotopic (exact) mass is 308 g/mol. The molecule has 0 fully saturated rings. The molecule has 4 nitrogen and oxygen atoms in total. The van der Waals surface area contributed by atoms with E-state index in [1.54, 1.807) is 24.3 Å². The van der Waals surface area contributed by atoms with Crippen LogP contribution in [0.25, 0.3) is 0 Å². The van der Waals surface area contributed by atoms with E-state index in [1.165, 1.54) is 18.2 Å². The van der Waals surface area contributed by atoms with Gasteiger partial charge in [-0.05, 0) is 36.6 Å². The largest absolute Gasteiger partial charge is 0.327 e. The van der Waals surface area contributed by atoms with Gasteiger partial charge in [-0.25, -0.2) is 4.39 Å². The van der Waals surface area contributed by atoms with Gasteiger partial charge < -0.3 is 5.73 Å². The van der Waals surface area contributed by atoms with Crippen LogP contribution >= 0.6 is 11.6 Å². The van der Waals surface area contributed by atoms with Crippen LogP contribution in [0.4, 0.5) is 10.1 Å². The predicted octanol–water partition coefficient (Wildman–Crippen LogP) is 3.50.